The number of hydrogen-bond donors (Lipinski definition) is 1. The van der Waals surface area contributed by atoms with Crippen LogP contribution in [-0.2, 0) is 33.3 Å². The number of unbranched alkanes of at least 4 members (excludes halogenated alkanes) is 46. The number of ether oxygens (including phenoxy) is 4. The summed E-state index contributed by atoms with van der Waals surface area (Å²) < 4.78 is 23.0. The minimum absolute atomic E-state index is 0.176. The fourth-order valence-electron chi connectivity index (χ4n) is 11.6. The van der Waals surface area contributed by atoms with Gasteiger partial charge in [0, 0.05) is 12.8 Å². The van der Waals surface area contributed by atoms with Gasteiger partial charge >= 0.3 is 17.9 Å². The smallest absolute Gasteiger partial charge is 0.361 e. The van der Waals surface area contributed by atoms with E-state index >= 15 is 0 Å². The summed E-state index contributed by atoms with van der Waals surface area (Å²) in [7, 11) is 5.99. The summed E-state index contributed by atoms with van der Waals surface area (Å²) >= 11 is 0. The first-order valence-electron chi connectivity index (χ1n) is 39.1. The fraction of sp³-hybridized carbons (Fsp3) is 0.817. The summed E-state index contributed by atoms with van der Waals surface area (Å²) in [5.41, 5.74) is 0. The first kappa shape index (κ1) is 87.7. The summed E-state index contributed by atoms with van der Waals surface area (Å²) in [5.74, 6) is -1.97. The van der Waals surface area contributed by atoms with Gasteiger partial charge in [-0.3, -0.25) is 9.59 Å². The average molecular weight is 1280 g/mol. The lowest BCUT2D eigenvalue weighted by Gasteiger charge is -2.25. The number of esters is 2. The van der Waals surface area contributed by atoms with Gasteiger partial charge in [-0.25, -0.2) is 4.79 Å². The van der Waals surface area contributed by atoms with E-state index in [9.17, 15) is 19.5 Å². The zero-order valence-electron chi connectivity index (χ0n) is 60.8. The van der Waals surface area contributed by atoms with Gasteiger partial charge in [-0.2, -0.15) is 0 Å². The third-order valence-corrected chi connectivity index (χ3v) is 17.5. The average Bonchev–Trinajstić information content (AvgIpc) is 3.53. The lowest BCUT2D eigenvalue weighted by Crippen LogP contribution is -2.40. The van der Waals surface area contributed by atoms with E-state index in [0.29, 0.717) is 17.4 Å². The Morgan fingerprint density at radius 3 is 0.934 bits per heavy atom. The van der Waals surface area contributed by atoms with E-state index < -0.39 is 18.4 Å². The van der Waals surface area contributed by atoms with E-state index in [2.05, 4.69) is 86.8 Å². The number of quaternary nitrogens is 1. The SMILES string of the molecule is CC/C=C\C/C=C\C/C=C\C/C=C\C/C=C\C/C=C\CCCCCCCCCCCCCCCCCCCCCCCCC(=O)OC(COC(=O)CCCCCCCCCCCCCCCCCCCCCCCCCCC)COC(OCC[N+](C)(C)C)C(=O)O. The number of carboxylic acid groups (broad SMARTS) is 1. The van der Waals surface area contributed by atoms with Gasteiger partial charge in [-0.1, -0.05) is 369 Å². The molecule has 0 saturated carbocycles. The molecule has 0 saturated heterocycles. The molecular formula is C82H150NO8+. The fourth-order valence-corrected chi connectivity index (χ4v) is 11.6. The Balaban J connectivity index is 3.97. The number of likely N-dealkylation sites (N-methyl/N-ethyl adjacent to an activating group) is 1. The van der Waals surface area contributed by atoms with Gasteiger partial charge in [0.1, 0.15) is 13.2 Å². The molecule has 0 heterocycles. The predicted molar refractivity (Wildman–Crippen MR) is 392 cm³/mol. The van der Waals surface area contributed by atoms with Gasteiger partial charge in [-0.15, -0.1) is 0 Å². The number of carboxylic acids is 1. The van der Waals surface area contributed by atoms with Gasteiger partial charge in [0.05, 0.1) is 34.4 Å². The lowest BCUT2D eigenvalue weighted by molar-refractivity contribution is -0.870. The summed E-state index contributed by atoms with van der Waals surface area (Å²) in [4.78, 5) is 37.7. The van der Waals surface area contributed by atoms with Gasteiger partial charge in [0.2, 0.25) is 0 Å². The number of aliphatic carboxylic acids is 1. The zero-order chi connectivity index (χ0) is 66.1. The van der Waals surface area contributed by atoms with Crippen LogP contribution in [0.25, 0.3) is 0 Å². The maximum absolute atomic E-state index is 13.0. The van der Waals surface area contributed by atoms with Crippen LogP contribution in [0, 0.1) is 0 Å². The molecule has 91 heavy (non-hydrogen) atoms. The second-order valence-electron chi connectivity index (χ2n) is 27.7. The van der Waals surface area contributed by atoms with E-state index in [4.69, 9.17) is 18.9 Å². The van der Waals surface area contributed by atoms with Crippen molar-refractivity contribution < 1.29 is 42.9 Å². The van der Waals surface area contributed by atoms with Crippen LogP contribution in [-0.4, -0.2) is 87.4 Å². The van der Waals surface area contributed by atoms with E-state index in [0.717, 1.165) is 77.0 Å². The van der Waals surface area contributed by atoms with Crippen LogP contribution in [0.4, 0.5) is 0 Å². The van der Waals surface area contributed by atoms with E-state index in [-0.39, 0.29) is 38.2 Å². The van der Waals surface area contributed by atoms with Crippen molar-refractivity contribution in [2.45, 2.75) is 386 Å². The maximum Gasteiger partial charge on any atom is 0.361 e. The molecule has 0 radical (unpaired) electrons. The monoisotopic (exact) mass is 1280 g/mol. The second kappa shape index (κ2) is 72.6. The van der Waals surface area contributed by atoms with Crippen molar-refractivity contribution in [2.75, 3.05) is 47.5 Å². The molecule has 530 valence electrons. The number of nitrogens with zero attached hydrogens (tertiary/aromatic N) is 1. The van der Waals surface area contributed by atoms with Crippen LogP contribution in [0.2, 0.25) is 0 Å². The number of carbonyl (C=O) groups excluding carboxylic acids is 2. The molecule has 2 atom stereocenters. The molecule has 0 aromatic heterocycles. The Bertz CT molecular complexity index is 1730. The number of carbonyl (C=O) groups is 3. The van der Waals surface area contributed by atoms with Crippen molar-refractivity contribution in [2.24, 2.45) is 0 Å². The Hall–Kier alpha value is -3.27. The van der Waals surface area contributed by atoms with E-state index in [1.54, 1.807) is 0 Å². The van der Waals surface area contributed by atoms with Crippen LogP contribution < -0.4 is 0 Å². The summed E-state index contributed by atoms with van der Waals surface area (Å²) in [6.45, 7) is 4.83. The topological polar surface area (TPSA) is 108 Å². The Morgan fingerprint density at radius 2 is 0.626 bits per heavy atom. The zero-order valence-corrected chi connectivity index (χ0v) is 60.8. The second-order valence-corrected chi connectivity index (χ2v) is 27.7. The summed E-state index contributed by atoms with van der Waals surface area (Å²) in [5, 5.41) is 9.77. The highest BCUT2D eigenvalue weighted by molar-refractivity contribution is 5.71. The number of rotatable bonds is 73. The molecule has 0 rings (SSSR count). The molecule has 0 aliphatic heterocycles. The third kappa shape index (κ3) is 74.0. The molecule has 0 aromatic carbocycles. The minimum atomic E-state index is -1.51. The summed E-state index contributed by atoms with van der Waals surface area (Å²) in [6.07, 6.45) is 94.8. The standard InChI is InChI=1S/C82H149NO8/c1-6-8-10-12-14-16-18-20-22-24-26-28-30-32-33-34-35-36-37-38-39-40-41-42-43-44-45-46-47-49-51-53-55-57-59-61-63-65-67-69-71-73-80(85)91-78(77-90-82(81(86)87)88-75-74-83(3,4)5)76-89-79(84)72-70-68-66-64-62-60-58-56-54-52-50-48-31-29-27-25-23-21-19-17-15-13-11-9-7-2/h8,10,14,16,20,22,26,28,32-33,35-36,78,82H,6-7,9,11-13,15,17-19,21,23-25,27,29-31,34,37-77H2,1-5H3/p+1/b10-8-,16-14-,22-20-,28-26-,33-32-,36-35-. The molecule has 0 aliphatic rings. The van der Waals surface area contributed by atoms with Crippen molar-refractivity contribution >= 4 is 17.9 Å². The van der Waals surface area contributed by atoms with Crippen molar-refractivity contribution in [1.29, 1.82) is 0 Å². The van der Waals surface area contributed by atoms with Gasteiger partial charge < -0.3 is 28.5 Å². The number of allylic oxidation sites excluding steroid dienone is 12. The van der Waals surface area contributed by atoms with Crippen LogP contribution in [0.15, 0.2) is 72.9 Å². The molecule has 2 unspecified atom stereocenters. The Kier molecular flexibility index (Phi) is 69.9. The van der Waals surface area contributed by atoms with Crippen molar-refractivity contribution in [3.05, 3.63) is 72.9 Å². The normalized spacial score (nSPS) is 13.0. The predicted octanol–water partition coefficient (Wildman–Crippen LogP) is 24.8. The first-order valence-corrected chi connectivity index (χ1v) is 39.1. The van der Waals surface area contributed by atoms with Crippen LogP contribution in [0.3, 0.4) is 0 Å². The molecule has 9 heteroatoms. The minimum Gasteiger partial charge on any atom is -0.477 e. The van der Waals surface area contributed by atoms with E-state index in [1.807, 2.05) is 21.1 Å². The van der Waals surface area contributed by atoms with Crippen molar-refractivity contribution in [3.63, 3.8) is 0 Å². The highest BCUT2D eigenvalue weighted by atomic mass is 16.7. The van der Waals surface area contributed by atoms with Crippen molar-refractivity contribution in [3.8, 4) is 0 Å². The molecular weight excluding hydrogens is 1130 g/mol. The molecule has 1 N–H and O–H groups in total. The van der Waals surface area contributed by atoms with Crippen LogP contribution in [0.5, 0.6) is 0 Å². The Morgan fingerprint density at radius 1 is 0.341 bits per heavy atom. The largest absolute Gasteiger partial charge is 0.477 e. The maximum atomic E-state index is 13.0. The molecule has 9 nitrogen and oxygen atoms in total. The Labute approximate surface area is 564 Å². The summed E-state index contributed by atoms with van der Waals surface area (Å²) in [6, 6.07) is 0. The van der Waals surface area contributed by atoms with Crippen LogP contribution >= 0.6 is 0 Å². The molecule has 0 spiro atoms. The lowest BCUT2D eigenvalue weighted by atomic mass is 10.0. The quantitative estimate of drug-likeness (QED) is 0.0211. The van der Waals surface area contributed by atoms with Gasteiger partial charge in [0.25, 0.3) is 6.29 Å². The molecule has 0 fully saturated rings. The first-order chi connectivity index (χ1) is 44.6. The van der Waals surface area contributed by atoms with E-state index in [1.165, 1.54) is 270 Å². The number of hydrogen-bond acceptors (Lipinski definition) is 7. The highest BCUT2D eigenvalue weighted by Gasteiger charge is 2.25. The molecule has 0 aliphatic carbocycles. The molecule has 0 bridgehead atoms. The molecule has 0 aromatic rings. The van der Waals surface area contributed by atoms with Gasteiger partial charge in [-0.05, 0) is 64.2 Å². The van der Waals surface area contributed by atoms with Crippen molar-refractivity contribution in [1.82, 2.24) is 0 Å². The highest BCUT2D eigenvalue weighted by Crippen LogP contribution is 2.19. The van der Waals surface area contributed by atoms with Crippen LogP contribution in [0.1, 0.15) is 373 Å². The van der Waals surface area contributed by atoms with Gasteiger partial charge in [0.15, 0.2) is 6.10 Å². The molecule has 0 amide bonds. The third-order valence-electron chi connectivity index (χ3n) is 17.5.